The molecule has 0 aliphatic carbocycles. The fourth-order valence-electron chi connectivity index (χ4n) is 1.56. The SMILES string of the molecule is Bc1ccc(COc2ccc(Cl)c(C)c2)cc1. The average molecular weight is 245 g/mol. The first-order valence-electron chi connectivity index (χ1n) is 5.59. The van der Waals surface area contributed by atoms with Gasteiger partial charge in [-0.3, -0.25) is 0 Å². The van der Waals surface area contributed by atoms with Crippen LogP contribution in [0.4, 0.5) is 0 Å². The summed E-state index contributed by atoms with van der Waals surface area (Å²) in [7, 11) is 2.08. The Morgan fingerprint density at radius 1 is 1.12 bits per heavy atom. The second kappa shape index (κ2) is 5.28. The molecule has 2 aromatic rings. The van der Waals surface area contributed by atoms with Crippen LogP contribution in [-0.4, -0.2) is 7.85 Å². The standard InChI is InChI=1S/C14H14BClO/c1-10-8-13(6-7-14(10)16)17-9-11-2-4-12(15)5-3-11/h2-8H,9,15H2,1H3. The summed E-state index contributed by atoms with van der Waals surface area (Å²) in [4.78, 5) is 0. The van der Waals surface area contributed by atoms with Crippen molar-refractivity contribution in [3.63, 3.8) is 0 Å². The third-order valence-electron chi connectivity index (χ3n) is 2.66. The number of hydrogen-bond donors (Lipinski definition) is 0. The van der Waals surface area contributed by atoms with Gasteiger partial charge in [-0.2, -0.15) is 0 Å². The number of ether oxygens (including phenoxy) is 1. The molecule has 0 radical (unpaired) electrons. The quantitative estimate of drug-likeness (QED) is 0.754. The highest BCUT2D eigenvalue weighted by atomic mass is 35.5. The highest BCUT2D eigenvalue weighted by Gasteiger charge is 1.99. The Kier molecular flexibility index (Phi) is 3.75. The lowest BCUT2D eigenvalue weighted by molar-refractivity contribution is 0.306. The first-order chi connectivity index (χ1) is 8.15. The van der Waals surface area contributed by atoms with Crippen LogP contribution < -0.4 is 10.2 Å². The summed E-state index contributed by atoms with van der Waals surface area (Å²) in [5.74, 6) is 0.854. The Hall–Kier alpha value is -1.41. The minimum Gasteiger partial charge on any atom is -0.489 e. The summed E-state index contributed by atoms with van der Waals surface area (Å²) in [6, 6.07) is 14.1. The molecule has 86 valence electrons. The fourth-order valence-corrected chi connectivity index (χ4v) is 1.68. The molecular weight excluding hydrogens is 230 g/mol. The van der Waals surface area contributed by atoms with Gasteiger partial charge < -0.3 is 4.74 Å². The zero-order valence-corrected chi connectivity index (χ0v) is 10.8. The molecule has 0 aromatic heterocycles. The summed E-state index contributed by atoms with van der Waals surface area (Å²) in [6.45, 7) is 2.56. The molecule has 0 atom stereocenters. The molecular formula is C14H14BClO. The normalized spacial score (nSPS) is 10.2. The molecule has 0 fully saturated rings. The van der Waals surface area contributed by atoms with Crippen molar-refractivity contribution >= 4 is 24.9 Å². The van der Waals surface area contributed by atoms with E-state index in [0.717, 1.165) is 16.3 Å². The average Bonchev–Trinajstić information content (AvgIpc) is 2.33. The molecule has 0 aliphatic rings. The molecule has 0 aliphatic heterocycles. The van der Waals surface area contributed by atoms with Crippen molar-refractivity contribution in [2.24, 2.45) is 0 Å². The Labute approximate surface area is 108 Å². The van der Waals surface area contributed by atoms with Crippen LogP contribution in [0.25, 0.3) is 0 Å². The molecule has 0 amide bonds. The molecule has 2 rings (SSSR count). The molecule has 0 saturated heterocycles. The maximum Gasteiger partial charge on any atom is 0.139 e. The lowest BCUT2D eigenvalue weighted by Gasteiger charge is -2.08. The van der Waals surface area contributed by atoms with E-state index in [2.05, 4.69) is 32.1 Å². The third-order valence-corrected chi connectivity index (χ3v) is 3.08. The van der Waals surface area contributed by atoms with Gasteiger partial charge in [0.2, 0.25) is 0 Å². The summed E-state index contributed by atoms with van der Waals surface area (Å²) in [6.07, 6.45) is 0. The smallest absolute Gasteiger partial charge is 0.139 e. The van der Waals surface area contributed by atoms with Gasteiger partial charge in [-0.25, -0.2) is 0 Å². The maximum absolute atomic E-state index is 5.96. The van der Waals surface area contributed by atoms with E-state index in [4.69, 9.17) is 16.3 Å². The zero-order chi connectivity index (χ0) is 12.3. The van der Waals surface area contributed by atoms with E-state index >= 15 is 0 Å². The van der Waals surface area contributed by atoms with Crippen LogP contribution in [0, 0.1) is 6.92 Å². The fraction of sp³-hybridized carbons (Fsp3) is 0.143. The van der Waals surface area contributed by atoms with Crippen LogP contribution in [0.3, 0.4) is 0 Å². The van der Waals surface area contributed by atoms with Crippen LogP contribution in [0.15, 0.2) is 42.5 Å². The highest BCUT2D eigenvalue weighted by Crippen LogP contribution is 2.21. The highest BCUT2D eigenvalue weighted by molar-refractivity contribution is 6.32. The molecule has 0 unspecified atom stereocenters. The molecule has 1 nitrogen and oxygen atoms in total. The number of hydrogen-bond acceptors (Lipinski definition) is 1. The Balaban J connectivity index is 2.02. The molecule has 2 aromatic carbocycles. The molecule has 0 spiro atoms. The molecule has 0 N–H and O–H groups in total. The predicted molar refractivity (Wildman–Crippen MR) is 75.1 cm³/mol. The van der Waals surface area contributed by atoms with Gasteiger partial charge in [0.25, 0.3) is 0 Å². The van der Waals surface area contributed by atoms with Crippen LogP contribution >= 0.6 is 11.6 Å². The molecule has 0 saturated carbocycles. The van der Waals surface area contributed by atoms with E-state index in [1.807, 2.05) is 25.1 Å². The molecule has 0 bridgehead atoms. The summed E-state index contributed by atoms with van der Waals surface area (Å²) in [5.41, 5.74) is 3.47. The Morgan fingerprint density at radius 2 is 1.82 bits per heavy atom. The van der Waals surface area contributed by atoms with Gasteiger partial charge in [-0.15, -0.1) is 0 Å². The predicted octanol–water partition coefficient (Wildman–Crippen LogP) is 2.49. The van der Waals surface area contributed by atoms with Crippen LogP contribution in [0.1, 0.15) is 11.1 Å². The topological polar surface area (TPSA) is 9.23 Å². The van der Waals surface area contributed by atoms with Gasteiger partial charge in [0, 0.05) is 5.02 Å². The lowest BCUT2D eigenvalue weighted by Crippen LogP contribution is -2.02. The van der Waals surface area contributed by atoms with E-state index in [0.29, 0.717) is 6.61 Å². The molecule has 0 heterocycles. The molecule has 17 heavy (non-hydrogen) atoms. The Morgan fingerprint density at radius 3 is 2.47 bits per heavy atom. The number of halogens is 1. The van der Waals surface area contributed by atoms with E-state index in [-0.39, 0.29) is 0 Å². The van der Waals surface area contributed by atoms with Crippen molar-refractivity contribution in [1.82, 2.24) is 0 Å². The maximum atomic E-state index is 5.96. The van der Waals surface area contributed by atoms with Crippen molar-refractivity contribution in [3.05, 3.63) is 58.6 Å². The molecule has 3 heteroatoms. The third kappa shape index (κ3) is 3.27. The van der Waals surface area contributed by atoms with Crippen LogP contribution in [0.5, 0.6) is 5.75 Å². The monoisotopic (exact) mass is 244 g/mol. The Bertz CT molecular complexity index is 508. The largest absolute Gasteiger partial charge is 0.489 e. The van der Waals surface area contributed by atoms with Crippen LogP contribution in [0.2, 0.25) is 5.02 Å². The zero-order valence-electron chi connectivity index (χ0n) is 10.0. The van der Waals surface area contributed by atoms with Crippen molar-refractivity contribution in [2.75, 3.05) is 0 Å². The van der Waals surface area contributed by atoms with E-state index in [1.54, 1.807) is 0 Å². The first-order valence-corrected chi connectivity index (χ1v) is 5.97. The van der Waals surface area contributed by atoms with Crippen molar-refractivity contribution in [3.8, 4) is 5.75 Å². The van der Waals surface area contributed by atoms with E-state index in [9.17, 15) is 0 Å². The van der Waals surface area contributed by atoms with Crippen molar-refractivity contribution in [2.45, 2.75) is 13.5 Å². The van der Waals surface area contributed by atoms with Crippen LogP contribution in [-0.2, 0) is 6.61 Å². The van der Waals surface area contributed by atoms with Gasteiger partial charge in [-0.05, 0) is 36.2 Å². The van der Waals surface area contributed by atoms with Gasteiger partial charge in [0.15, 0.2) is 0 Å². The second-order valence-corrected chi connectivity index (χ2v) is 4.59. The minimum absolute atomic E-state index is 0.585. The van der Waals surface area contributed by atoms with Gasteiger partial charge in [0.1, 0.15) is 20.2 Å². The summed E-state index contributed by atoms with van der Waals surface area (Å²) < 4.78 is 5.71. The van der Waals surface area contributed by atoms with Gasteiger partial charge in [-0.1, -0.05) is 41.3 Å². The van der Waals surface area contributed by atoms with Crippen molar-refractivity contribution < 1.29 is 4.74 Å². The van der Waals surface area contributed by atoms with E-state index in [1.165, 1.54) is 11.0 Å². The first kappa shape index (κ1) is 12.1. The number of aryl methyl sites for hydroxylation is 1. The van der Waals surface area contributed by atoms with Crippen molar-refractivity contribution in [1.29, 1.82) is 0 Å². The van der Waals surface area contributed by atoms with Gasteiger partial charge >= 0.3 is 0 Å². The summed E-state index contributed by atoms with van der Waals surface area (Å²) in [5, 5.41) is 0.771. The number of benzene rings is 2. The number of rotatable bonds is 3. The van der Waals surface area contributed by atoms with Gasteiger partial charge in [0.05, 0.1) is 0 Å². The minimum atomic E-state index is 0.585. The van der Waals surface area contributed by atoms with E-state index < -0.39 is 0 Å². The second-order valence-electron chi connectivity index (χ2n) is 4.19. The lowest BCUT2D eigenvalue weighted by atomic mass is 9.95. The summed E-state index contributed by atoms with van der Waals surface area (Å²) >= 11 is 5.96.